The van der Waals surface area contributed by atoms with E-state index in [2.05, 4.69) is 5.32 Å². The monoisotopic (exact) mass is 150 g/mol. The highest BCUT2D eigenvalue weighted by atomic mass is 19.3. The molecule has 2 nitrogen and oxygen atoms in total. The Balaban J connectivity index is 2.51. The molecule has 0 spiro atoms. The van der Waals surface area contributed by atoms with Crippen LogP contribution in [0.2, 0.25) is 0 Å². The summed E-state index contributed by atoms with van der Waals surface area (Å²) in [4.78, 5) is 0. The van der Waals surface area contributed by atoms with Gasteiger partial charge < -0.3 is 11.1 Å². The van der Waals surface area contributed by atoms with Gasteiger partial charge in [-0.05, 0) is 0 Å². The van der Waals surface area contributed by atoms with Crippen molar-refractivity contribution in [1.82, 2.24) is 5.32 Å². The third-order valence-electron chi connectivity index (χ3n) is 1.91. The van der Waals surface area contributed by atoms with E-state index in [0.29, 0.717) is 13.1 Å². The van der Waals surface area contributed by atoms with Gasteiger partial charge in [-0.1, -0.05) is 0 Å². The molecule has 4 heteroatoms. The molecule has 1 fully saturated rings. The molecule has 1 saturated heterocycles. The van der Waals surface area contributed by atoms with E-state index in [1.807, 2.05) is 0 Å². The predicted octanol–water partition coefficient (Wildman–Crippen LogP) is 0.190. The Morgan fingerprint density at radius 2 is 2.30 bits per heavy atom. The van der Waals surface area contributed by atoms with Gasteiger partial charge in [0.15, 0.2) is 0 Å². The molecule has 0 aromatic rings. The molecule has 1 aliphatic heterocycles. The van der Waals surface area contributed by atoms with Crippen molar-refractivity contribution in [2.45, 2.75) is 12.3 Å². The van der Waals surface area contributed by atoms with Crippen LogP contribution in [0, 0.1) is 5.92 Å². The third-order valence-corrected chi connectivity index (χ3v) is 1.91. The summed E-state index contributed by atoms with van der Waals surface area (Å²) in [6.07, 6.45) is -0.0745. The van der Waals surface area contributed by atoms with Crippen molar-refractivity contribution in [3.05, 3.63) is 0 Å². The second kappa shape index (κ2) is 2.80. The van der Waals surface area contributed by atoms with Crippen molar-refractivity contribution in [3.63, 3.8) is 0 Å². The van der Waals surface area contributed by atoms with Crippen molar-refractivity contribution < 1.29 is 8.78 Å². The van der Waals surface area contributed by atoms with Gasteiger partial charge in [0.25, 0.3) is 5.92 Å². The summed E-state index contributed by atoms with van der Waals surface area (Å²) < 4.78 is 25.5. The molecule has 0 bridgehead atoms. The molecule has 0 aliphatic carbocycles. The first-order valence-corrected chi connectivity index (χ1v) is 3.45. The first-order valence-electron chi connectivity index (χ1n) is 3.45. The predicted molar refractivity (Wildman–Crippen MR) is 35.0 cm³/mol. The average Bonchev–Trinajstić information content (AvgIpc) is 1.87. The van der Waals surface area contributed by atoms with Gasteiger partial charge in [-0.15, -0.1) is 0 Å². The van der Waals surface area contributed by atoms with E-state index in [-0.39, 0.29) is 13.0 Å². The van der Waals surface area contributed by atoms with Crippen LogP contribution >= 0.6 is 0 Å². The number of rotatable bonds is 1. The summed E-state index contributed by atoms with van der Waals surface area (Å²) in [7, 11) is 0. The molecule has 60 valence electrons. The number of nitrogens with two attached hydrogens (primary N) is 1. The summed E-state index contributed by atoms with van der Waals surface area (Å²) in [6.45, 7) is 0.826. The maximum absolute atomic E-state index is 12.7. The van der Waals surface area contributed by atoms with Crippen LogP contribution in [0.3, 0.4) is 0 Å². The van der Waals surface area contributed by atoms with Crippen molar-refractivity contribution in [3.8, 4) is 0 Å². The van der Waals surface area contributed by atoms with Crippen molar-refractivity contribution in [2.75, 3.05) is 19.6 Å². The quantitative estimate of drug-likeness (QED) is 0.560. The second-order valence-corrected chi connectivity index (χ2v) is 2.65. The molecule has 1 aliphatic rings. The van der Waals surface area contributed by atoms with Crippen LogP contribution in [-0.4, -0.2) is 25.6 Å². The molecule has 0 aromatic heterocycles. The lowest BCUT2D eigenvalue weighted by atomic mass is 9.95. The molecular formula is C6H12F2N2. The zero-order valence-electron chi connectivity index (χ0n) is 5.74. The highest BCUT2D eigenvalue weighted by Gasteiger charge is 2.40. The summed E-state index contributed by atoms with van der Waals surface area (Å²) in [5.41, 5.74) is 5.16. The number of nitrogens with one attached hydrogen (secondary N) is 1. The van der Waals surface area contributed by atoms with Crippen LogP contribution in [0.4, 0.5) is 8.78 Å². The minimum atomic E-state index is -2.54. The molecule has 0 amide bonds. The zero-order valence-corrected chi connectivity index (χ0v) is 5.74. The number of hydrogen-bond donors (Lipinski definition) is 2. The van der Waals surface area contributed by atoms with Crippen molar-refractivity contribution in [1.29, 1.82) is 0 Å². The van der Waals surface area contributed by atoms with E-state index in [1.54, 1.807) is 0 Å². The maximum Gasteiger partial charge on any atom is 0.254 e. The Morgan fingerprint density at radius 1 is 1.60 bits per heavy atom. The lowest BCUT2D eigenvalue weighted by Crippen LogP contribution is -2.47. The molecular weight excluding hydrogens is 138 g/mol. The van der Waals surface area contributed by atoms with Gasteiger partial charge in [-0.3, -0.25) is 0 Å². The lowest BCUT2D eigenvalue weighted by Gasteiger charge is -2.30. The van der Waals surface area contributed by atoms with Gasteiger partial charge in [-0.25, -0.2) is 8.78 Å². The zero-order chi connectivity index (χ0) is 7.61. The molecule has 0 radical (unpaired) electrons. The minimum absolute atomic E-state index is 0.0694. The van der Waals surface area contributed by atoms with Gasteiger partial charge in [0.05, 0.1) is 0 Å². The van der Waals surface area contributed by atoms with Crippen LogP contribution in [0.15, 0.2) is 0 Å². The van der Waals surface area contributed by atoms with E-state index in [0.717, 1.165) is 0 Å². The molecule has 10 heavy (non-hydrogen) atoms. The fraction of sp³-hybridized carbons (Fsp3) is 1.00. The molecule has 0 saturated carbocycles. The summed E-state index contributed by atoms with van der Waals surface area (Å²) >= 11 is 0. The molecule has 0 aromatic carbocycles. The number of halogens is 2. The Bertz CT molecular complexity index is 116. The first kappa shape index (κ1) is 7.88. The largest absolute Gasteiger partial charge is 0.330 e. The molecule has 0 unspecified atom stereocenters. The Kier molecular flexibility index (Phi) is 2.21. The summed E-state index contributed by atoms with van der Waals surface area (Å²) in [6, 6.07) is 0. The van der Waals surface area contributed by atoms with Crippen molar-refractivity contribution in [2.24, 2.45) is 11.7 Å². The Morgan fingerprint density at radius 3 is 2.70 bits per heavy atom. The smallest absolute Gasteiger partial charge is 0.254 e. The topological polar surface area (TPSA) is 38.0 Å². The molecule has 1 rings (SSSR count). The fourth-order valence-electron chi connectivity index (χ4n) is 1.14. The van der Waals surface area contributed by atoms with Gasteiger partial charge in [0, 0.05) is 32.0 Å². The lowest BCUT2D eigenvalue weighted by molar-refractivity contribution is -0.0742. The highest BCUT2D eigenvalue weighted by molar-refractivity contribution is 4.84. The molecule has 3 N–H and O–H groups in total. The maximum atomic E-state index is 12.7. The number of alkyl halides is 2. The molecule has 1 atom stereocenters. The van der Waals surface area contributed by atoms with E-state index in [1.165, 1.54) is 0 Å². The van der Waals surface area contributed by atoms with E-state index >= 15 is 0 Å². The highest BCUT2D eigenvalue weighted by Crippen LogP contribution is 2.29. The third kappa shape index (κ3) is 1.44. The van der Waals surface area contributed by atoms with E-state index in [9.17, 15) is 8.78 Å². The van der Waals surface area contributed by atoms with E-state index in [4.69, 9.17) is 5.73 Å². The van der Waals surface area contributed by atoms with Crippen LogP contribution in [-0.2, 0) is 0 Å². The standard InChI is InChI=1S/C6H12F2N2/c7-6(8)1-2-10-4-5(6)3-9/h5,10H,1-4,9H2/t5-/m1/s1. The summed E-state index contributed by atoms with van der Waals surface area (Å²) in [5, 5.41) is 2.88. The normalized spacial score (nSPS) is 32.1. The Labute approximate surface area is 58.8 Å². The number of piperidine rings is 1. The van der Waals surface area contributed by atoms with Crippen LogP contribution in [0.25, 0.3) is 0 Å². The van der Waals surface area contributed by atoms with Gasteiger partial charge in [-0.2, -0.15) is 0 Å². The minimum Gasteiger partial charge on any atom is -0.330 e. The first-order chi connectivity index (χ1) is 4.67. The van der Waals surface area contributed by atoms with Crippen LogP contribution < -0.4 is 11.1 Å². The molecule has 1 heterocycles. The van der Waals surface area contributed by atoms with Gasteiger partial charge in [0.1, 0.15) is 0 Å². The Hall–Kier alpha value is -0.220. The SMILES string of the molecule is NC[C@@H]1CNCCC1(F)F. The van der Waals surface area contributed by atoms with Crippen LogP contribution in [0.5, 0.6) is 0 Å². The van der Waals surface area contributed by atoms with Gasteiger partial charge in [0.2, 0.25) is 0 Å². The second-order valence-electron chi connectivity index (χ2n) is 2.65. The number of hydrogen-bond acceptors (Lipinski definition) is 2. The van der Waals surface area contributed by atoms with E-state index < -0.39 is 11.8 Å². The fourth-order valence-corrected chi connectivity index (χ4v) is 1.14. The average molecular weight is 150 g/mol. The van der Waals surface area contributed by atoms with Crippen molar-refractivity contribution >= 4 is 0 Å². The summed E-state index contributed by atoms with van der Waals surface area (Å²) in [5.74, 6) is -3.21. The van der Waals surface area contributed by atoms with Gasteiger partial charge >= 0.3 is 0 Å². The van der Waals surface area contributed by atoms with Crippen LogP contribution in [0.1, 0.15) is 6.42 Å².